The molecule has 3 aromatic rings. The van der Waals surface area contributed by atoms with Gasteiger partial charge in [0.1, 0.15) is 83.2 Å². The van der Waals surface area contributed by atoms with Gasteiger partial charge in [0.25, 0.3) is 5.79 Å². The van der Waals surface area contributed by atoms with Crippen molar-refractivity contribution in [2.24, 2.45) is 0 Å². The Kier molecular flexibility index (Phi) is 9.98. The van der Waals surface area contributed by atoms with Crippen molar-refractivity contribution >= 4 is 11.0 Å². The number of phenols is 2. The van der Waals surface area contributed by atoms with Crippen LogP contribution in [0.1, 0.15) is 0 Å². The van der Waals surface area contributed by atoms with Crippen molar-refractivity contribution in [3.8, 4) is 34.3 Å². The number of benzene rings is 2. The molecule has 50 heavy (non-hydrogen) atoms. The van der Waals surface area contributed by atoms with Crippen LogP contribution in [0.4, 0.5) is 0 Å². The predicted octanol–water partition coefficient (Wildman–Crippen LogP) is -4.28. The third-order valence-corrected chi connectivity index (χ3v) is 8.90. The van der Waals surface area contributed by atoms with Crippen LogP contribution in [-0.2, 0) is 14.2 Å². The van der Waals surface area contributed by atoms with E-state index in [4.69, 9.17) is 28.1 Å². The van der Waals surface area contributed by atoms with Crippen molar-refractivity contribution in [1.82, 2.24) is 0 Å². The molecule has 0 saturated carbocycles. The molecule has 13 unspecified atom stereocenters. The third kappa shape index (κ3) is 6.15. The molecule has 0 amide bonds. The third-order valence-electron chi connectivity index (χ3n) is 8.90. The number of aliphatic hydroxyl groups excluding tert-OH is 10. The summed E-state index contributed by atoms with van der Waals surface area (Å²) in [5.74, 6) is -5.44. The topological polar surface area (TPSA) is 319 Å². The first-order chi connectivity index (χ1) is 23.7. The second kappa shape index (κ2) is 13.8. The molecule has 12 N–H and O–H groups in total. The molecule has 0 spiro atoms. The number of phenolic OH excluding ortho intramolecular Hbond substituents is 2. The molecule has 0 bridgehead atoms. The first kappa shape index (κ1) is 36.1. The molecule has 13 atom stereocenters. The number of ether oxygens (including phenoxy) is 5. The van der Waals surface area contributed by atoms with Crippen LogP contribution in [0.5, 0.6) is 23.0 Å². The Morgan fingerprint density at radius 3 is 2.16 bits per heavy atom. The molecule has 3 saturated heterocycles. The van der Waals surface area contributed by atoms with E-state index >= 15 is 0 Å². The van der Waals surface area contributed by atoms with E-state index in [1.807, 2.05) is 0 Å². The van der Waals surface area contributed by atoms with Gasteiger partial charge in [0.2, 0.25) is 17.5 Å². The maximum atomic E-state index is 14.3. The van der Waals surface area contributed by atoms with Crippen molar-refractivity contribution in [3.63, 3.8) is 0 Å². The van der Waals surface area contributed by atoms with Gasteiger partial charge >= 0.3 is 0 Å². The minimum Gasteiger partial charge on any atom is -0.508 e. The van der Waals surface area contributed by atoms with E-state index in [9.17, 15) is 66.1 Å². The van der Waals surface area contributed by atoms with Gasteiger partial charge < -0.3 is 89.4 Å². The predicted molar refractivity (Wildman–Crippen MR) is 161 cm³/mol. The van der Waals surface area contributed by atoms with Crippen LogP contribution in [0.3, 0.4) is 0 Å². The number of hydrogen-bond donors (Lipinski definition) is 12. The van der Waals surface area contributed by atoms with Crippen LogP contribution >= 0.6 is 0 Å². The summed E-state index contributed by atoms with van der Waals surface area (Å²) in [6.07, 6.45) is -22.2. The van der Waals surface area contributed by atoms with E-state index in [-0.39, 0.29) is 22.6 Å². The largest absolute Gasteiger partial charge is 0.508 e. The van der Waals surface area contributed by atoms with E-state index in [1.165, 1.54) is 24.3 Å². The number of aromatic hydroxyl groups is 2. The Morgan fingerprint density at radius 1 is 0.800 bits per heavy atom. The Balaban J connectivity index is 1.51. The average Bonchev–Trinajstić information content (AvgIpc) is 3.09. The van der Waals surface area contributed by atoms with Crippen molar-refractivity contribution in [1.29, 1.82) is 0 Å². The molecule has 6 rings (SSSR count). The second-order valence-electron chi connectivity index (χ2n) is 12.2. The average molecular weight is 713 g/mol. The highest BCUT2D eigenvalue weighted by Crippen LogP contribution is 2.43. The Hall–Kier alpha value is -3.67. The van der Waals surface area contributed by atoms with Crippen molar-refractivity contribution in [2.75, 3.05) is 19.8 Å². The number of aliphatic hydroxyl groups is 10. The molecule has 1 aromatic heterocycles. The van der Waals surface area contributed by atoms with Gasteiger partial charge in [0.15, 0.2) is 18.0 Å². The second-order valence-corrected chi connectivity index (χ2v) is 12.2. The van der Waals surface area contributed by atoms with Crippen LogP contribution in [0, 0.1) is 0 Å². The highest BCUT2D eigenvalue weighted by molar-refractivity contribution is 5.88. The zero-order valence-corrected chi connectivity index (χ0v) is 25.7. The van der Waals surface area contributed by atoms with Gasteiger partial charge in [-0.1, -0.05) is 0 Å². The Morgan fingerprint density at radius 2 is 1.48 bits per heavy atom. The van der Waals surface area contributed by atoms with Gasteiger partial charge in [-0.15, -0.1) is 0 Å². The van der Waals surface area contributed by atoms with E-state index in [0.29, 0.717) is 0 Å². The minimum atomic E-state index is -2.89. The lowest BCUT2D eigenvalue weighted by molar-refractivity contribution is -0.379. The summed E-state index contributed by atoms with van der Waals surface area (Å²) >= 11 is 0. The number of hydrogen-bond acceptors (Lipinski definition) is 19. The summed E-state index contributed by atoms with van der Waals surface area (Å²) in [6.45, 7) is -2.12. The summed E-state index contributed by atoms with van der Waals surface area (Å²) in [5, 5.41) is 125. The van der Waals surface area contributed by atoms with Gasteiger partial charge in [-0.2, -0.15) is 0 Å². The fraction of sp³-hybridized carbons (Fsp3) is 0.516. The molecule has 274 valence electrons. The molecule has 0 radical (unpaired) electrons. The molecule has 0 aliphatic carbocycles. The zero-order valence-electron chi connectivity index (χ0n) is 25.7. The fourth-order valence-electron chi connectivity index (χ4n) is 6.08. The maximum absolute atomic E-state index is 14.3. The van der Waals surface area contributed by atoms with Crippen LogP contribution < -0.4 is 14.9 Å². The minimum absolute atomic E-state index is 0.0283. The normalized spacial score (nSPS) is 37.8. The van der Waals surface area contributed by atoms with Crippen molar-refractivity contribution < 1.29 is 89.4 Å². The zero-order chi connectivity index (χ0) is 36.2. The summed E-state index contributed by atoms with van der Waals surface area (Å²) in [5.41, 5.74) is -1.50. The lowest BCUT2D eigenvalue weighted by Gasteiger charge is -2.52. The number of fused-ring (bicyclic) bond motifs is 1. The first-order valence-corrected chi connectivity index (χ1v) is 15.3. The van der Waals surface area contributed by atoms with Crippen molar-refractivity contribution in [3.05, 3.63) is 46.6 Å². The summed E-state index contributed by atoms with van der Waals surface area (Å²) in [4.78, 5) is 14.3. The molecule has 3 aliphatic heterocycles. The van der Waals surface area contributed by atoms with Gasteiger partial charge in [-0.25, -0.2) is 0 Å². The summed E-state index contributed by atoms with van der Waals surface area (Å²) in [6, 6.07) is 7.02. The highest BCUT2D eigenvalue weighted by Gasteiger charge is 2.63. The monoisotopic (exact) mass is 712 g/mol. The lowest BCUT2D eigenvalue weighted by atomic mass is 9.84. The molecule has 3 aliphatic rings. The van der Waals surface area contributed by atoms with Crippen LogP contribution in [0.25, 0.3) is 22.3 Å². The molecular weight excluding hydrogens is 676 g/mol. The van der Waals surface area contributed by atoms with Gasteiger partial charge in [-0.05, 0) is 24.3 Å². The van der Waals surface area contributed by atoms with Crippen LogP contribution in [0.15, 0.2) is 45.6 Å². The molecule has 19 nitrogen and oxygen atoms in total. The van der Waals surface area contributed by atoms with E-state index in [1.54, 1.807) is 0 Å². The van der Waals surface area contributed by atoms with E-state index in [2.05, 4.69) is 0 Å². The molecular formula is C31H36O19. The van der Waals surface area contributed by atoms with Crippen LogP contribution in [0.2, 0.25) is 0 Å². The van der Waals surface area contributed by atoms with E-state index in [0.717, 1.165) is 12.1 Å². The van der Waals surface area contributed by atoms with Gasteiger partial charge in [-0.3, -0.25) is 4.79 Å². The smallest absolute Gasteiger partial charge is 0.268 e. The molecule has 3 fully saturated rings. The number of rotatable bonds is 7. The molecule has 2 aromatic carbocycles. The SMILES string of the molecule is O=c1c(OC2(C3OC(CO)C(O)C(O)C3O)OCC(O)C(O)C2O)c(-c2ccc(O)cc2)oc2cc(OC3OCC(O)C(O)C3O)cc(O)c12. The molecule has 19 heteroatoms. The summed E-state index contributed by atoms with van der Waals surface area (Å²) < 4.78 is 34.1. The van der Waals surface area contributed by atoms with Gasteiger partial charge in [0.05, 0.1) is 19.8 Å². The first-order valence-electron chi connectivity index (χ1n) is 15.3. The van der Waals surface area contributed by atoms with E-state index < -0.39 is 127 Å². The van der Waals surface area contributed by atoms with Gasteiger partial charge in [0, 0.05) is 17.7 Å². The quantitative estimate of drug-likeness (QED) is 0.110. The highest BCUT2D eigenvalue weighted by atomic mass is 16.7. The van der Waals surface area contributed by atoms with Crippen molar-refractivity contribution in [2.45, 2.75) is 79.2 Å². The molecule has 4 heterocycles. The lowest BCUT2D eigenvalue weighted by Crippen LogP contribution is -2.75. The standard InChI is InChI=1S/C31H36O19/c32-7-17-21(39)23(41)24(42)29(49-17)31(28(44)20(38)15(36)9-46-31)50-27-22(40)18-13(34)5-12(47-30-25(43)19(37)14(35)8-45-30)6-16(18)48-26(27)10-1-3-11(33)4-2-10/h1-6,14-15,17,19-21,23-25,28-30,32-39,41-44H,7-9H2. The Bertz CT molecular complexity index is 1730. The fourth-order valence-corrected chi connectivity index (χ4v) is 6.08. The summed E-state index contributed by atoms with van der Waals surface area (Å²) in [7, 11) is 0. The Labute approximate surface area is 280 Å². The maximum Gasteiger partial charge on any atom is 0.268 e. The van der Waals surface area contributed by atoms with Crippen LogP contribution in [-0.4, -0.2) is 160 Å².